The third-order valence-electron chi connectivity index (χ3n) is 4.29. The SMILES string of the molecule is COc1cccc(C(O)C(=O)N2CCC(C)C(C)C2)c1. The first-order valence-corrected chi connectivity index (χ1v) is 7.13. The number of methoxy groups -OCH3 is 1. The molecule has 1 amide bonds. The number of aliphatic hydroxyl groups excluding tert-OH is 1. The molecule has 0 bridgehead atoms. The number of ether oxygens (including phenoxy) is 1. The van der Waals surface area contributed by atoms with Crippen molar-refractivity contribution in [1.82, 2.24) is 4.90 Å². The summed E-state index contributed by atoms with van der Waals surface area (Å²) in [5.74, 6) is 1.55. The fraction of sp³-hybridized carbons (Fsp3) is 0.562. The summed E-state index contributed by atoms with van der Waals surface area (Å²) in [4.78, 5) is 14.2. The molecule has 0 radical (unpaired) electrons. The van der Waals surface area contributed by atoms with Gasteiger partial charge in [0.2, 0.25) is 0 Å². The van der Waals surface area contributed by atoms with Crippen LogP contribution in [0.3, 0.4) is 0 Å². The van der Waals surface area contributed by atoms with Crippen LogP contribution in [-0.4, -0.2) is 36.1 Å². The van der Waals surface area contributed by atoms with E-state index in [1.54, 1.807) is 36.3 Å². The Bertz CT molecular complexity index is 475. The van der Waals surface area contributed by atoms with Gasteiger partial charge in [0.1, 0.15) is 5.75 Å². The highest BCUT2D eigenvalue weighted by Gasteiger charge is 2.30. The number of carbonyl (C=O) groups excluding carboxylic acids is 1. The van der Waals surface area contributed by atoms with Crippen molar-refractivity contribution in [3.05, 3.63) is 29.8 Å². The first-order valence-electron chi connectivity index (χ1n) is 7.13. The van der Waals surface area contributed by atoms with Crippen LogP contribution in [0.5, 0.6) is 5.75 Å². The highest BCUT2D eigenvalue weighted by atomic mass is 16.5. The second kappa shape index (κ2) is 6.27. The lowest BCUT2D eigenvalue weighted by Crippen LogP contribution is -2.44. The van der Waals surface area contributed by atoms with Gasteiger partial charge in [-0.15, -0.1) is 0 Å². The average molecular weight is 277 g/mol. The molecule has 1 fully saturated rings. The first kappa shape index (κ1) is 14.9. The van der Waals surface area contributed by atoms with Gasteiger partial charge in [-0.3, -0.25) is 4.79 Å². The molecule has 4 heteroatoms. The predicted molar refractivity (Wildman–Crippen MR) is 77.5 cm³/mol. The molecule has 4 nitrogen and oxygen atoms in total. The summed E-state index contributed by atoms with van der Waals surface area (Å²) in [6.07, 6.45) is -0.108. The van der Waals surface area contributed by atoms with E-state index in [0.717, 1.165) is 19.5 Å². The number of aliphatic hydroxyl groups is 1. The van der Waals surface area contributed by atoms with Gasteiger partial charge in [-0.05, 0) is 36.0 Å². The van der Waals surface area contributed by atoms with E-state index < -0.39 is 6.10 Å². The standard InChI is InChI=1S/C16H23NO3/c1-11-7-8-17(10-12(11)2)16(19)15(18)13-5-4-6-14(9-13)20-3/h4-6,9,11-12,15,18H,7-8,10H2,1-3H3. The Morgan fingerprint density at radius 3 is 2.80 bits per heavy atom. The minimum absolute atomic E-state index is 0.211. The van der Waals surface area contributed by atoms with Crippen LogP contribution in [0.15, 0.2) is 24.3 Å². The molecule has 0 saturated carbocycles. The van der Waals surface area contributed by atoms with E-state index in [4.69, 9.17) is 4.74 Å². The summed E-state index contributed by atoms with van der Waals surface area (Å²) >= 11 is 0. The van der Waals surface area contributed by atoms with E-state index in [1.807, 2.05) is 0 Å². The molecule has 1 heterocycles. The van der Waals surface area contributed by atoms with E-state index in [0.29, 0.717) is 23.1 Å². The number of benzene rings is 1. The van der Waals surface area contributed by atoms with E-state index in [1.165, 1.54) is 0 Å². The van der Waals surface area contributed by atoms with Crippen molar-refractivity contribution in [2.24, 2.45) is 11.8 Å². The number of amides is 1. The molecule has 3 atom stereocenters. The Hall–Kier alpha value is -1.55. The fourth-order valence-corrected chi connectivity index (χ4v) is 2.59. The molecule has 0 aliphatic carbocycles. The minimum atomic E-state index is -1.11. The van der Waals surface area contributed by atoms with Crippen LogP contribution in [-0.2, 0) is 4.79 Å². The Balaban J connectivity index is 2.08. The second-order valence-electron chi connectivity index (χ2n) is 5.71. The van der Waals surface area contributed by atoms with Crippen LogP contribution in [0.25, 0.3) is 0 Å². The van der Waals surface area contributed by atoms with Gasteiger partial charge in [-0.25, -0.2) is 0 Å². The molecule has 1 aromatic rings. The van der Waals surface area contributed by atoms with Gasteiger partial charge in [0, 0.05) is 13.1 Å². The molecule has 1 aliphatic heterocycles. The monoisotopic (exact) mass is 277 g/mol. The van der Waals surface area contributed by atoms with E-state index >= 15 is 0 Å². The molecule has 1 aromatic carbocycles. The van der Waals surface area contributed by atoms with Crippen molar-refractivity contribution in [3.63, 3.8) is 0 Å². The first-order chi connectivity index (χ1) is 9.52. The van der Waals surface area contributed by atoms with Crippen molar-refractivity contribution in [1.29, 1.82) is 0 Å². The number of hydrogen-bond donors (Lipinski definition) is 1. The Labute approximate surface area is 120 Å². The molecule has 1 saturated heterocycles. The molecule has 1 N–H and O–H groups in total. The van der Waals surface area contributed by atoms with Gasteiger partial charge >= 0.3 is 0 Å². The molecule has 0 spiro atoms. The smallest absolute Gasteiger partial charge is 0.256 e. The van der Waals surface area contributed by atoms with Crippen molar-refractivity contribution in [2.45, 2.75) is 26.4 Å². The maximum absolute atomic E-state index is 12.4. The Morgan fingerprint density at radius 1 is 1.40 bits per heavy atom. The van der Waals surface area contributed by atoms with Gasteiger partial charge in [-0.1, -0.05) is 26.0 Å². The highest BCUT2D eigenvalue weighted by Crippen LogP contribution is 2.26. The normalized spacial score (nSPS) is 24.3. The van der Waals surface area contributed by atoms with E-state index in [-0.39, 0.29) is 5.91 Å². The summed E-state index contributed by atoms with van der Waals surface area (Å²) in [5.41, 5.74) is 0.584. The number of carbonyl (C=O) groups is 1. The lowest BCUT2D eigenvalue weighted by molar-refractivity contribution is -0.143. The third-order valence-corrected chi connectivity index (χ3v) is 4.29. The van der Waals surface area contributed by atoms with Gasteiger partial charge < -0.3 is 14.7 Å². The zero-order valence-electron chi connectivity index (χ0n) is 12.4. The Morgan fingerprint density at radius 2 is 2.15 bits per heavy atom. The summed E-state index contributed by atoms with van der Waals surface area (Å²) in [6, 6.07) is 7.04. The minimum Gasteiger partial charge on any atom is -0.497 e. The van der Waals surface area contributed by atoms with Gasteiger partial charge in [0.05, 0.1) is 7.11 Å². The largest absolute Gasteiger partial charge is 0.497 e. The number of piperidine rings is 1. The highest BCUT2D eigenvalue weighted by molar-refractivity contribution is 5.82. The van der Waals surface area contributed by atoms with Crippen LogP contribution in [0.4, 0.5) is 0 Å². The number of rotatable bonds is 3. The molecular weight excluding hydrogens is 254 g/mol. The van der Waals surface area contributed by atoms with Crippen LogP contribution < -0.4 is 4.74 Å². The molecule has 1 aliphatic rings. The van der Waals surface area contributed by atoms with Gasteiger partial charge in [0.15, 0.2) is 6.10 Å². The van der Waals surface area contributed by atoms with E-state index in [9.17, 15) is 9.90 Å². The molecule has 0 aromatic heterocycles. The number of likely N-dealkylation sites (tertiary alicyclic amines) is 1. The second-order valence-corrected chi connectivity index (χ2v) is 5.71. The van der Waals surface area contributed by atoms with Crippen molar-refractivity contribution < 1.29 is 14.6 Å². The number of hydrogen-bond acceptors (Lipinski definition) is 3. The zero-order chi connectivity index (χ0) is 14.7. The maximum Gasteiger partial charge on any atom is 0.256 e. The quantitative estimate of drug-likeness (QED) is 0.921. The molecular formula is C16H23NO3. The van der Waals surface area contributed by atoms with Crippen molar-refractivity contribution in [2.75, 3.05) is 20.2 Å². The van der Waals surface area contributed by atoms with Gasteiger partial charge in [-0.2, -0.15) is 0 Å². The summed E-state index contributed by atoms with van der Waals surface area (Å²) in [5, 5.41) is 10.3. The Kier molecular flexibility index (Phi) is 4.65. The van der Waals surface area contributed by atoms with Crippen LogP contribution >= 0.6 is 0 Å². The number of nitrogens with zero attached hydrogens (tertiary/aromatic N) is 1. The molecule has 2 rings (SSSR count). The van der Waals surface area contributed by atoms with Crippen molar-refractivity contribution >= 4 is 5.91 Å². The summed E-state index contributed by atoms with van der Waals surface area (Å²) < 4.78 is 5.13. The van der Waals surface area contributed by atoms with Crippen LogP contribution in [0, 0.1) is 11.8 Å². The van der Waals surface area contributed by atoms with Gasteiger partial charge in [0.25, 0.3) is 5.91 Å². The summed E-state index contributed by atoms with van der Waals surface area (Å²) in [7, 11) is 1.57. The predicted octanol–water partition coefficient (Wildman–Crippen LogP) is 2.23. The fourth-order valence-electron chi connectivity index (χ4n) is 2.59. The molecule has 110 valence electrons. The topological polar surface area (TPSA) is 49.8 Å². The zero-order valence-corrected chi connectivity index (χ0v) is 12.4. The van der Waals surface area contributed by atoms with E-state index in [2.05, 4.69) is 13.8 Å². The average Bonchev–Trinajstić information content (AvgIpc) is 2.48. The van der Waals surface area contributed by atoms with Crippen LogP contribution in [0.2, 0.25) is 0 Å². The third kappa shape index (κ3) is 3.12. The van der Waals surface area contributed by atoms with Crippen LogP contribution in [0.1, 0.15) is 31.9 Å². The molecule has 20 heavy (non-hydrogen) atoms. The molecule has 3 unspecified atom stereocenters. The summed E-state index contributed by atoms with van der Waals surface area (Å²) in [6.45, 7) is 5.82. The lowest BCUT2D eigenvalue weighted by atomic mass is 9.88. The van der Waals surface area contributed by atoms with Crippen molar-refractivity contribution in [3.8, 4) is 5.75 Å². The lowest BCUT2D eigenvalue weighted by Gasteiger charge is -2.36. The maximum atomic E-state index is 12.4.